The van der Waals surface area contributed by atoms with Crippen LogP contribution in [0.1, 0.15) is 38.5 Å². The summed E-state index contributed by atoms with van der Waals surface area (Å²) < 4.78 is 11.2. The Morgan fingerprint density at radius 1 is 1.39 bits per heavy atom. The van der Waals surface area contributed by atoms with Gasteiger partial charge in [0.2, 0.25) is 0 Å². The number of amides is 2. The molecule has 0 spiro atoms. The average molecular weight is 346 g/mol. The van der Waals surface area contributed by atoms with Crippen LogP contribution in [-0.2, 0) is 9.47 Å². The molecule has 0 aromatic heterocycles. The van der Waals surface area contributed by atoms with E-state index in [1.165, 1.54) is 12.8 Å². The number of nitrogens with one attached hydrogen (secondary N) is 2. The van der Waals surface area contributed by atoms with Gasteiger partial charge in [0.25, 0.3) is 0 Å². The largest absolute Gasteiger partial charge is 0.394 e. The van der Waals surface area contributed by atoms with Crippen molar-refractivity contribution in [1.82, 2.24) is 10.6 Å². The Balaban J connectivity index is 1.76. The van der Waals surface area contributed by atoms with Gasteiger partial charge in [0, 0.05) is 43.9 Å². The van der Waals surface area contributed by atoms with Crippen LogP contribution in [0.5, 0.6) is 0 Å². The number of aliphatic hydroxyl groups is 1. The summed E-state index contributed by atoms with van der Waals surface area (Å²) in [7, 11) is 0. The average Bonchev–Trinajstić information content (AvgIpc) is 2.59. The van der Waals surface area contributed by atoms with Crippen LogP contribution in [0.3, 0.4) is 0 Å². The van der Waals surface area contributed by atoms with Crippen LogP contribution in [0.15, 0.2) is 0 Å². The number of carbonyl (C=O) groups is 1. The van der Waals surface area contributed by atoms with Crippen molar-refractivity contribution in [3.05, 3.63) is 0 Å². The van der Waals surface area contributed by atoms with Crippen LogP contribution in [0, 0.1) is 0 Å². The van der Waals surface area contributed by atoms with E-state index >= 15 is 0 Å². The molecule has 3 N–H and O–H groups in total. The zero-order chi connectivity index (χ0) is 16.5. The molecule has 0 aromatic rings. The van der Waals surface area contributed by atoms with Crippen molar-refractivity contribution in [1.29, 1.82) is 0 Å². The lowest BCUT2D eigenvalue weighted by atomic mass is 9.93. The SMILES string of the molecule is CS[C@H]1CCC[C@H](NC(=O)NCC2(OCCO)CCOCC2)C1. The Kier molecular flexibility index (Phi) is 7.95. The van der Waals surface area contributed by atoms with Crippen molar-refractivity contribution >= 4 is 17.8 Å². The molecule has 7 heteroatoms. The number of hydrogen-bond donors (Lipinski definition) is 3. The minimum Gasteiger partial charge on any atom is -0.394 e. The summed E-state index contributed by atoms with van der Waals surface area (Å²) in [4.78, 5) is 12.2. The van der Waals surface area contributed by atoms with E-state index in [0.717, 1.165) is 25.7 Å². The second-order valence-corrected chi connectivity index (χ2v) is 7.55. The van der Waals surface area contributed by atoms with Gasteiger partial charge < -0.3 is 25.2 Å². The first-order chi connectivity index (χ1) is 11.2. The first-order valence-corrected chi connectivity index (χ1v) is 9.86. The van der Waals surface area contributed by atoms with Gasteiger partial charge in [-0.2, -0.15) is 11.8 Å². The van der Waals surface area contributed by atoms with Crippen molar-refractivity contribution in [2.75, 3.05) is 39.2 Å². The third kappa shape index (κ3) is 6.14. The molecule has 1 saturated carbocycles. The second kappa shape index (κ2) is 9.71. The molecule has 0 bridgehead atoms. The van der Waals surface area contributed by atoms with Crippen molar-refractivity contribution in [3.8, 4) is 0 Å². The van der Waals surface area contributed by atoms with Gasteiger partial charge in [0.1, 0.15) is 0 Å². The zero-order valence-electron chi connectivity index (χ0n) is 14.0. The lowest BCUT2D eigenvalue weighted by molar-refractivity contribution is -0.114. The normalized spacial score (nSPS) is 27.4. The third-order valence-electron chi connectivity index (χ3n) is 4.77. The summed E-state index contributed by atoms with van der Waals surface area (Å²) in [5, 5.41) is 15.7. The second-order valence-electron chi connectivity index (χ2n) is 6.42. The van der Waals surface area contributed by atoms with E-state index in [-0.39, 0.29) is 18.7 Å². The molecule has 1 heterocycles. The summed E-state index contributed by atoms with van der Waals surface area (Å²) in [6, 6.07) is 0.153. The molecule has 1 saturated heterocycles. The van der Waals surface area contributed by atoms with Crippen LogP contribution in [0.2, 0.25) is 0 Å². The molecule has 2 rings (SSSR count). The van der Waals surface area contributed by atoms with E-state index in [2.05, 4.69) is 16.9 Å². The number of urea groups is 1. The van der Waals surface area contributed by atoms with Gasteiger partial charge in [-0.3, -0.25) is 0 Å². The van der Waals surface area contributed by atoms with Crippen LogP contribution in [0.4, 0.5) is 4.79 Å². The summed E-state index contributed by atoms with van der Waals surface area (Å²) in [6.07, 6.45) is 8.16. The summed E-state index contributed by atoms with van der Waals surface area (Å²) >= 11 is 1.89. The predicted molar refractivity (Wildman–Crippen MR) is 91.9 cm³/mol. The van der Waals surface area contributed by atoms with Gasteiger partial charge in [-0.25, -0.2) is 4.79 Å². The van der Waals surface area contributed by atoms with E-state index in [0.29, 0.717) is 31.6 Å². The highest BCUT2D eigenvalue weighted by Gasteiger charge is 2.34. The molecular weight excluding hydrogens is 316 g/mol. The maximum absolute atomic E-state index is 12.2. The fourth-order valence-electron chi connectivity index (χ4n) is 3.35. The molecule has 0 unspecified atom stereocenters. The molecule has 0 radical (unpaired) electrons. The minimum atomic E-state index is -0.410. The fourth-order valence-corrected chi connectivity index (χ4v) is 4.17. The monoisotopic (exact) mass is 346 g/mol. The molecular formula is C16H30N2O4S. The van der Waals surface area contributed by atoms with E-state index in [1.54, 1.807) is 0 Å². The van der Waals surface area contributed by atoms with Crippen LogP contribution < -0.4 is 10.6 Å². The van der Waals surface area contributed by atoms with E-state index in [4.69, 9.17) is 14.6 Å². The number of ether oxygens (including phenoxy) is 2. The van der Waals surface area contributed by atoms with Gasteiger partial charge in [0.05, 0.1) is 18.8 Å². The maximum atomic E-state index is 12.2. The molecule has 0 aromatic carbocycles. The molecule has 2 amide bonds. The molecule has 2 atom stereocenters. The highest BCUT2D eigenvalue weighted by atomic mass is 32.2. The van der Waals surface area contributed by atoms with Crippen LogP contribution >= 0.6 is 11.8 Å². The Morgan fingerprint density at radius 3 is 2.87 bits per heavy atom. The number of carbonyl (C=O) groups excluding carboxylic acids is 1. The summed E-state index contributed by atoms with van der Waals surface area (Å²) in [5.41, 5.74) is -0.410. The Hall–Kier alpha value is -0.500. The smallest absolute Gasteiger partial charge is 0.315 e. The van der Waals surface area contributed by atoms with Gasteiger partial charge in [0.15, 0.2) is 0 Å². The van der Waals surface area contributed by atoms with Crippen molar-refractivity contribution < 1.29 is 19.4 Å². The van der Waals surface area contributed by atoms with Gasteiger partial charge in [-0.05, 0) is 25.5 Å². The minimum absolute atomic E-state index is 0.00699. The zero-order valence-corrected chi connectivity index (χ0v) is 14.8. The highest BCUT2D eigenvalue weighted by Crippen LogP contribution is 2.27. The van der Waals surface area contributed by atoms with Crippen LogP contribution in [-0.4, -0.2) is 67.3 Å². The molecule has 1 aliphatic carbocycles. The predicted octanol–water partition coefficient (Wildman–Crippen LogP) is 1.52. The fraction of sp³-hybridized carbons (Fsp3) is 0.938. The molecule has 2 fully saturated rings. The standard InChI is InChI=1S/C16H30N2O4S/c1-23-14-4-2-3-13(11-14)18-15(20)17-12-16(22-10-7-19)5-8-21-9-6-16/h13-14,19H,2-12H2,1H3,(H2,17,18,20)/t13-,14-/m0/s1. The highest BCUT2D eigenvalue weighted by molar-refractivity contribution is 7.99. The summed E-state index contributed by atoms with van der Waals surface area (Å²) in [6.45, 7) is 2.01. The first kappa shape index (κ1) is 18.8. The molecule has 134 valence electrons. The number of thioether (sulfide) groups is 1. The van der Waals surface area contributed by atoms with Crippen molar-refractivity contribution in [2.24, 2.45) is 0 Å². The lowest BCUT2D eigenvalue weighted by Gasteiger charge is -2.37. The molecule has 2 aliphatic rings. The molecule has 1 aliphatic heterocycles. The van der Waals surface area contributed by atoms with Crippen molar-refractivity contribution in [2.45, 2.75) is 55.4 Å². The van der Waals surface area contributed by atoms with E-state index < -0.39 is 5.60 Å². The topological polar surface area (TPSA) is 79.8 Å². The Morgan fingerprint density at radius 2 is 2.17 bits per heavy atom. The van der Waals surface area contributed by atoms with Crippen molar-refractivity contribution in [3.63, 3.8) is 0 Å². The van der Waals surface area contributed by atoms with E-state index in [9.17, 15) is 4.79 Å². The van der Waals surface area contributed by atoms with E-state index in [1.807, 2.05) is 11.8 Å². The first-order valence-electron chi connectivity index (χ1n) is 8.57. The number of aliphatic hydroxyl groups excluding tert-OH is 1. The Bertz CT molecular complexity index is 364. The maximum Gasteiger partial charge on any atom is 0.315 e. The Labute approximate surface area is 143 Å². The summed E-state index contributed by atoms with van der Waals surface area (Å²) in [5.74, 6) is 0. The number of rotatable bonds is 7. The van der Waals surface area contributed by atoms with Gasteiger partial charge in [-0.1, -0.05) is 6.42 Å². The van der Waals surface area contributed by atoms with Gasteiger partial charge in [-0.15, -0.1) is 0 Å². The molecule has 23 heavy (non-hydrogen) atoms. The van der Waals surface area contributed by atoms with Crippen LogP contribution in [0.25, 0.3) is 0 Å². The molecule has 6 nitrogen and oxygen atoms in total. The lowest BCUT2D eigenvalue weighted by Crippen LogP contribution is -2.52. The quantitative estimate of drug-likeness (QED) is 0.651. The van der Waals surface area contributed by atoms with Gasteiger partial charge >= 0.3 is 6.03 Å². The third-order valence-corrected chi connectivity index (χ3v) is 5.86. The number of hydrogen-bond acceptors (Lipinski definition) is 5.